The van der Waals surface area contributed by atoms with Crippen molar-refractivity contribution in [1.82, 2.24) is 25.1 Å². The highest BCUT2D eigenvalue weighted by molar-refractivity contribution is 7.13. The van der Waals surface area contributed by atoms with E-state index in [2.05, 4.69) is 30.5 Å². The summed E-state index contributed by atoms with van der Waals surface area (Å²) >= 11 is 1.46. The summed E-state index contributed by atoms with van der Waals surface area (Å²) in [6.45, 7) is 0.586. The highest BCUT2D eigenvalue weighted by Crippen LogP contribution is 2.18. The molecule has 0 spiro atoms. The predicted molar refractivity (Wildman–Crippen MR) is 94.3 cm³/mol. The molecule has 0 saturated carbocycles. The molecule has 0 radical (unpaired) electrons. The molecule has 4 rings (SSSR count). The molecule has 0 amide bonds. The Balaban J connectivity index is 1.42. The molecular weight excluding hydrogens is 324 g/mol. The van der Waals surface area contributed by atoms with E-state index in [1.165, 1.54) is 11.3 Å². The highest BCUT2D eigenvalue weighted by atomic mass is 32.1. The number of para-hydroxylation sites is 2. The Morgan fingerprint density at radius 1 is 1.08 bits per heavy atom. The van der Waals surface area contributed by atoms with Crippen molar-refractivity contribution in [2.45, 2.75) is 6.42 Å². The third kappa shape index (κ3) is 2.91. The number of hydrogen-bond acceptors (Lipinski definition) is 6. The van der Waals surface area contributed by atoms with Crippen LogP contribution in [0.1, 0.15) is 5.82 Å². The van der Waals surface area contributed by atoms with Gasteiger partial charge >= 0.3 is 0 Å². The lowest BCUT2D eigenvalue weighted by molar-refractivity contribution is 0.889. The van der Waals surface area contributed by atoms with Gasteiger partial charge in [-0.3, -0.25) is 9.78 Å². The number of imidazole rings is 1. The molecule has 0 aliphatic rings. The van der Waals surface area contributed by atoms with Gasteiger partial charge in [-0.1, -0.05) is 18.2 Å². The molecule has 8 heteroatoms. The van der Waals surface area contributed by atoms with E-state index >= 15 is 0 Å². The normalized spacial score (nSPS) is 11.0. The number of aromatic amines is 2. The molecule has 0 bridgehead atoms. The number of H-pyrrole nitrogens is 2. The number of thiophene rings is 1. The van der Waals surface area contributed by atoms with Crippen LogP contribution in [0.15, 0.2) is 46.6 Å². The zero-order valence-electron chi connectivity index (χ0n) is 12.6. The molecule has 0 aliphatic heterocycles. The van der Waals surface area contributed by atoms with E-state index in [0.717, 1.165) is 21.7 Å². The fraction of sp³-hybridized carbons (Fsp3) is 0.125. The van der Waals surface area contributed by atoms with Crippen LogP contribution in [0.3, 0.4) is 0 Å². The molecule has 0 saturated heterocycles. The second kappa shape index (κ2) is 6.25. The van der Waals surface area contributed by atoms with E-state index in [4.69, 9.17) is 0 Å². The number of nitrogens with zero attached hydrogens (tertiary/aromatic N) is 3. The van der Waals surface area contributed by atoms with Crippen LogP contribution in [0.2, 0.25) is 0 Å². The smallest absolute Gasteiger partial charge is 0.279 e. The van der Waals surface area contributed by atoms with Gasteiger partial charge in [0, 0.05) is 13.0 Å². The summed E-state index contributed by atoms with van der Waals surface area (Å²) in [5, 5.41) is 13.0. The summed E-state index contributed by atoms with van der Waals surface area (Å²) in [5.41, 5.74) is 2.05. The maximum atomic E-state index is 12.1. The SMILES string of the molecule is O=c1[nH]c(NCCc2nc3ccccc3[nH]2)nnc1-c1cccs1. The average molecular weight is 338 g/mol. The summed E-state index contributed by atoms with van der Waals surface area (Å²) in [7, 11) is 0. The minimum absolute atomic E-state index is 0.251. The van der Waals surface area contributed by atoms with E-state index in [1.54, 1.807) is 0 Å². The van der Waals surface area contributed by atoms with Crippen molar-refractivity contribution in [2.24, 2.45) is 0 Å². The molecule has 24 heavy (non-hydrogen) atoms. The fourth-order valence-corrected chi connectivity index (χ4v) is 3.12. The zero-order valence-corrected chi connectivity index (χ0v) is 13.4. The Morgan fingerprint density at radius 3 is 2.79 bits per heavy atom. The summed E-state index contributed by atoms with van der Waals surface area (Å²) in [4.78, 5) is 23.4. The van der Waals surface area contributed by atoms with Crippen molar-refractivity contribution >= 4 is 28.3 Å². The van der Waals surface area contributed by atoms with Gasteiger partial charge in [0.15, 0.2) is 5.69 Å². The molecule has 0 aliphatic carbocycles. The molecular formula is C16H14N6OS. The number of aromatic nitrogens is 5. The number of anilines is 1. The molecule has 4 aromatic rings. The summed E-state index contributed by atoms with van der Waals surface area (Å²) < 4.78 is 0. The van der Waals surface area contributed by atoms with Crippen LogP contribution in [0.25, 0.3) is 21.6 Å². The van der Waals surface area contributed by atoms with Crippen molar-refractivity contribution in [3.63, 3.8) is 0 Å². The van der Waals surface area contributed by atoms with Gasteiger partial charge < -0.3 is 10.3 Å². The fourth-order valence-electron chi connectivity index (χ4n) is 2.41. The van der Waals surface area contributed by atoms with Crippen molar-refractivity contribution in [2.75, 3.05) is 11.9 Å². The minimum atomic E-state index is -0.251. The average Bonchev–Trinajstić information content (AvgIpc) is 3.24. The zero-order chi connectivity index (χ0) is 16.4. The second-order valence-corrected chi connectivity index (χ2v) is 6.15. The molecule has 3 aromatic heterocycles. The van der Waals surface area contributed by atoms with Gasteiger partial charge in [-0.25, -0.2) is 4.98 Å². The van der Waals surface area contributed by atoms with Gasteiger partial charge in [-0.2, -0.15) is 0 Å². The lowest BCUT2D eigenvalue weighted by Gasteiger charge is -2.03. The van der Waals surface area contributed by atoms with Gasteiger partial charge in [-0.05, 0) is 23.6 Å². The Kier molecular flexibility index (Phi) is 3.80. The van der Waals surface area contributed by atoms with Crippen molar-refractivity contribution < 1.29 is 0 Å². The molecule has 1 aromatic carbocycles. The van der Waals surface area contributed by atoms with Crippen LogP contribution in [-0.4, -0.2) is 31.7 Å². The van der Waals surface area contributed by atoms with E-state index < -0.39 is 0 Å². The Hall–Kier alpha value is -3.00. The maximum Gasteiger partial charge on any atom is 0.279 e. The van der Waals surface area contributed by atoms with Crippen LogP contribution in [0, 0.1) is 0 Å². The van der Waals surface area contributed by atoms with E-state index in [9.17, 15) is 4.79 Å². The quantitative estimate of drug-likeness (QED) is 0.519. The predicted octanol–water partition coefficient (Wildman–Crippen LogP) is 2.42. The lowest BCUT2D eigenvalue weighted by atomic mass is 10.3. The first-order valence-corrected chi connectivity index (χ1v) is 8.36. The number of rotatable bonds is 5. The van der Waals surface area contributed by atoms with E-state index in [1.807, 2.05) is 41.8 Å². The van der Waals surface area contributed by atoms with Crippen LogP contribution >= 0.6 is 11.3 Å². The summed E-state index contributed by atoms with van der Waals surface area (Å²) in [6, 6.07) is 11.6. The Morgan fingerprint density at radius 2 is 2.00 bits per heavy atom. The van der Waals surface area contributed by atoms with Crippen LogP contribution in [0.4, 0.5) is 5.95 Å². The van der Waals surface area contributed by atoms with E-state index in [0.29, 0.717) is 24.6 Å². The van der Waals surface area contributed by atoms with Crippen LogP contribution in [0.5, 0.6) is 0 Å². The third-order valence-electron chi connectivity index (χ3n) is 3.54. The Bertz CT molecular complexity index is 987. The first kappa shape index (κ1) is 14.6. The molecule has 7 nitrogen and oxygen atoms in total. The lowest BCUT2D eigenvalue weighted by Crippen LogP contribution is -2.17. The van der Waals surface area contributed by atoms with Crippen LogP contribution in [-0.2, 0) is 6.42 Å². The summed E-state index contributed by atoms with van der Waals surface area (Å²) in [5.74, 6) is 1.24. The molecule has 0 atom stereocenters. The molecule has 0 fully saturated rings. The topological polar surface area (TPSA) is 99.3 Å². The molecule has 3 N–H and O–H groups in total. The number of benzene rings is 1. The monoisotopic (exact) mass is 338 g/mol. The standard InChI is InChI=1S/C16H14N6OS/c23-15-14(12-6-3-9-24-12)21-22-16(20-15)17-8-7-13-18-10-4-1-2-5-11(10)19-13/h1-6,9H,7-8H2,(H,18,19)(H2,17,20,22,23). The van der Waals surface area contributed by atoms with Gasteiger partial charge in [0.05, 0.1) is 15.9 Å². The van der Waals surface area contributed by atoms with Gasteiger partial charge in [-0.15, -0.1) is 21.5 Å². The van der Waals surface area contributed by atoms with Gasteiger partial charge in [0.1, 0.15) is 5.82 Å². The van der Waals surface area contributed by atoms with Crippen molar-refractivity contribution in [1.29, 1.82) is 0 Å². The Labute approximate surface area is 140 Å². The molecule has 3 heterocycles. The van der Waals surface area contributed by atoms with Gasteiger partial charge in [0.2, 0.25) is 5.95 Å². The molecule has 0 unspecified atom stereocenters. The van der Waals surface area contributed by atoms with Gasteiger partial charge in [0.25, 0.3) is 5.56 Å². The molecule has 120 valence electrons. The second-order valence-electron chi connectivity index (χ2n) is 5.21. The number of nitrogens with one attached hydrogen (secondary N) is 3. The third-order valence-corrected chi connectivity index (χ3v) is 4.42. The van der Waals surface area contributed by atoms with E-state index in [-0.39, 0.29) is 5.56 Å². The van der Waals surface area contributed by atoms with Crippen molar-refractivity contribution in [3.8, 4) is 10.6 Å². The van der Waals surface area contributed by atoms with Crippen molar-refractivity contribution in [3.05, 3.63) is 58.0 Å². The number of hydrogen-bond donors (Lipinski definition) is 3. The first-order chi connectivity index (χ1) is 11.8. The summed E-state index contributed by atoms with van der Waals surface area (Å²) in [6.07, 6.45) is 0.686. The van der Waals surface area contributed by atoms with Crippen LogP contribution < -0.4 is 10.9 Å². The highest BCUT2D eigenvalue weighted by Gasteiger charge is 2.08. The maximum absolute atomic E-state index is 12.1. The number of fused-ring (bicyclic) bond motifs is 1. The minimum Gasteiger partial charge on any atom is -0.354 e. The largest absolute Gasteiger partial charge is 0.354 e. The first-order valence-electron chi connectivity index (χ1n) is 7.48.